The number of anilines is 1. The fourth-order valence-corrected chi connectivity index (χ4v) is 3.22. The fraction of sp³-hybridized carbons (Fsp3) is 0.389. The van der Waals surface area contributed by atoms with Crippen LogP contribution in [0.2, 0.25) is 5.02 Å². The van der Waals surface area contributed by atoms with Gasteiger partial charge in [0.15, 0.2) is 0 Å². The van der Waals surface area contributed by atoms with E-state index in [1.807, 2.05) is 35.2 Å². The van der Waals surface area contributed by atoms with Crippen molar-refractivity contribution in [3.05, 3.63) is 53.4 Å². The monoisotopic (exact) mass is 348 g/mol. The van der Waals surface area contributed by atoms with Gasteiger partial charge in [0.2, 0.25) is 5.91 Å². The topological polar surface area (TPSA) is 65.7 Å². The number of halogens is 1. The van der Waals surface area contributed by atoms with E-state index in [4.69, 9.17) is 16.0 Å². The second kappa shape index (κ2) is 7.73. The third kappa shape index (κ3) is 4.52. The van der Waals surface area contributed by atoms with Crippen molar-refractivity contribution in [2.75, 3.05) is 11.4 Å². The van der Waals surface area contributed by atoms with E-state index in [0.29, 0.717) is 18.0 Å². The lowest BCUT2D eigenvalue weighted by Crippen LogP contribution is -2.41. The number of aliphatic hydroxyl groups is 1. The van der Waals surface area contributed by atoms with Gasteiger partial charge in [0.05, 0.1) is 25.5 Å². The molecule has 0 aliphatic heterocycles. The second-order valence-electron chi connectivity index (χ2n) is 6.15. The third-order valence-corrected chi connectivity index (χ3v) is 4.44. The normalized spacial score (nSPS) is 20.1. The molecule has 0 unspecified atom stereocenters. The minimum absolute atomic E-state index is 0.0531. The molecule has 6 heteroatoms. The Morgan fingerprint density at radius 3 is 2.88 bits per heavy atom. The summed E-state index contributed by atoms with van der Waals surface area (Å²) < 4.78 is 5.41. The Bertz CT molecular complexity index is 675. The maximum Gasteiger partial charge on any atom is 0.239 e. The van der Waals surface area contributed by atoms with Crippen molar-refractivity contribution in [3.63, 3.8) is 0 Å². The van der Waals surface area contributed by atoms with Crippen LogP contribution in [0, 0.1) is 0 Å². The minimum Gasteiger partial charge on any atom is -0.467 e. The van der Waals surface area contributed by atoms with Gasteiger partial charge in [-0.1, -0.05) is 17.7 Å². The smallest absolute Gasteiger partial charge is 0.239 e. The van der Waals surface area contributed by atoms with Gasteiger partial charge in [-0.05, 0) is 49.6 Å². The van der Waals surface area contributed by atoms with E-state index < -0.39 is 0 Å². The summed E-state index contributed by atoms with van der Waals surface area (Å²) in [4.78, 5) is 14.3. The molecule has 1 saturated carbocycles. The number of carbonyl (C=O) groups is 1. The van der Waals surface area contributed by atoms with E-state index in [1.54, 1.807) is 12.3 Å². The molecule has 0 bridgehead atoms. The third-order valence-electron chi connectivity index (χ3n) is 4.20. The molecule has 5 nitrogen and oxygen atoms in total. The average Bonchev–Trinajstić information content (AvgIpc) is 3.18. The predicted molar refractivity (Wildman–Crippen MR) is 93.0 cm³/mol. The molecule has 2 aromatic rings. The number of nitrogens with zero attached hydrogens (tertiary/aromatic N) is 1. The molecule has 24 heavy (non-hydrogen) atoms. The maximum atomic E-state index is 12.4. The zero-order chi connectivity index (χ0) is 16.9. The summed E-state index contributed by atoms with van der Waals surface area (Å²) in [5, 5.41) is 13.2. The van der Waals surface area contributed by atoms with Crippen molar-refractivity contribution in [3.8, 4) is 0 Å². The molecule has 1 heterocycles. The molecule has 1 aromatic heterocycles. The van der Waals surface area contributed by atoms with E-state index in [0.717, 1.165) is 24.3 Å². The Morgan fingerprint density at radius 1 is 1.33 bits per heavy atom. The van der Waals surface area contributed by atoms with Gasteiger partial charge in [0.1, 0.15) is 5.76 Å². The van der Waals surface area contributed by atoms with Crippen molar-refractivity contribution in [2.24, 2.45) is 0 Å². The van der Waals surface area contributed by atoms with E-state index in [9.17, 15) is 9.90 Å². The van der Waals surface area contributed by atoms with Crippen LogP contribution < -0.4 is 10.2 Å². The molecule has 2 atom stereocenters. The molecule has 1 amide bonds. The van der Waals surface area contributed by atoms with Gasteiger partial charge < -0.3 is 19.7 Å². The van der Waals surface area contributed by atoms with Gasteiger partial charge in [-0.25, -0.2) is 0 Å². The van der Waals surface area contributed by atoms with Crippen LogP contribution in [-0.2, 0) is 11.3 Å². The summed E-state index contributed by atoms with van der Waals surface area (Å²) in [6.45, 7) is 0.682. The summed E-state index contributed by atoms with van der Waals surface area (Å²) in [6.07, 6.45) is 3.51. The highest BCUT2D eigenvalue weighted by molar-refractivity contribution is 6.30. The molecule has 0 spiro atoms. The highest BCUT2D eigenvalue weighted by atomic mass is 35.5. The highest BCUT2D eigenvalue weighted by Crippen LogP contribution is 2.22. The lowest BCUT2D eigenvalue weighted by molar-refractivity contribution is -0.120. The lowest BCUT2D eigenvalue weighted by atomic mass is 10.2. The number of hydrogen-bond donors (Lipinski definition) is 2. The van der Waals surface area contributed by atoms with E-state index >= 15 is 0 Å². The van der Waals surface area contributed by atoms with E-state index in [-0.39, 0.29) is 24.6 Å². The average molecular weight is 349 g/mol. The Labute approximate surface area is 146 Å². The van der Waals surface area contributed by atoms with E-state index in [1.165, 1.54) is 0 Å². The quantitative estimate of drug-likeness (QED) is 0.842. The number of aliphatic hydroxyl groups excluding tert-OH is 1. The number of amides is 1. The van der Waals surface area contributed by atoms with Gasteiger partial charge in [-0.2, -0.15) is 0 Å². The summed E-state index contributed by atoms with van der Waals surface area (Å²) in [5.74, 6) is 0.708. The number of furan rings is 1. The van der Waals surface area contributed by atoms with Crippen LogP contribution in [0.3, 0.4) is 0 Å². The molecule has 2 N–H and O–H groups in total. The van der Waals surface area contributed by atoms with Gasteiger partial charge in [-0.3, -0.25) is 4.79 Å². The summed E-state index contributed by atoms with van der Waals surface area (Å²) in [5.41, 5.74) is 0.862. The number of nitrogens with one attached hydrogen (secondary N) is 1. The summed E-state index contributed by atoms with van der Waals surface area (Å²) in [6, 6.07) is 11.2. The largest absolute Gasteiger partial charge is 0.467 e. The standard InChI is InChI=1S/C18H21ClN2O3/c19-13-3-1-4-15(9-13)21(11-17-5-2-8-24-17)12-18(23)20-14-6-7-16(22)10-14/h1-5,8-9,14,16,22H,6-7,10-12H2,(H,20,23)/t14-,16+/m0/s1. The van der Waals surface area contributed by atoms with Crippen LogP contribution in [0.1, 0.15) is 25.0 Å². The van der Waals surface area contributed by atoms with Crippen LogP contribution in [0.5, 0.6) is 0 Å². The van der Waals surface area contributed by atoms with Gasteiger partial charge >= 0.3 is 0 Å². The second-order valence-corrected chi connectivity index (χ2v) is 6.58. The van der Waals surface area contributed by atoms with Crippen molar-refractivity contribution in [1.29, 1.82) is 0 Å². The fourth-order valence-electron chi connectivity index (χ4n) is 3.04. The highest BCUT2D eigenvalue weighted by Gasteiger charge is 2.25. The molecule has 1 aromatic carbocycles. The molecule has 1 aliphatic rings. The number of benzene rings is 1. The van der Waals surface area contributed by atoms with Crippen molar-refractivity contribution < 1.29 is 14.3 Å². The number of hydrogen-bond acceptors (Lipinski definition) is 4. The predicted octanol–water partition coefficient (Wildman–Crippen LogP) is 2.97. The molecular weight excluding hydrogens is 328 g/mol. The molecule has 128 valence electrons. The lowest BCUT2D eigenvalue weighted by Gasteiger charge is -2.24. The Kier molecular flexibility index (Phi) is 5.43. The SMILES string of the molecule is O=C(CN(Cc1ccco1)c1cccc(Cl)c1)N[C@H]1CC[C@@H](O)C1. The first-order valence-electron chi connectivity index (χ1n) is 8.10. The number of rotatable bonds is 6. The molecular formula is C18H21ClN2O3. The molecule has 1 aliphatic carbocycles. The minimum atomic E-state index is -0.303. The Hall–Kier alpha value is -1.98. The number of carbonyl (C=O) groups excluding carboxylic acids is 1. The van der Waals surface area contributed by atoms with Crippen molar-refractivity contribution in [1.82, 2.24) is 5.32 Å². The molecule has 0 radical (unpaired) electrons. The molecule has 0 saturated heterocycles. The van der Waals surface area contributed by atoms with Crippen LogP contribution >= 0.6 is 11.6 Å². The first-order chi connectivity index (χ1) is 11.6. The Morgan fingerprint density at radius 2 is 2.21 bits per heavy atom. The van der Waals surface area contributed by atoms with Crippen molar-refractivity contribution in [2.45, 2.75) is 38.0 Å². The first-order valence-corrected chi connectivity index (χ1v) is 8.48. The molecule has 3 rings (SSSR count). The van der Waals surface area contributed by atoms with Crippen molar-refractivity contribution >= 4 is 23.2 Å². The van der Waals surface area contributed by atoms with Crippen LogP contribution in [0.25, 0.3) is 0 Å². The maximum absolute atomic E-state index is 12.4. The zero-order valence-corrected chi connectivity index (χ0v) is 14.1. The van der Waals surface area contributed by atoms with Crippen LogP contribution in [0.15, 0.2) is 47.1 Å². The first kappa shape index (κ1) is 16.9. The van der Waals surface area contributed by atoms with Crippen LogP contribution in [-0.4, -0.2) is 29.7 Å². The van der Waals surface area contributed by atoms with Crippen LogP contribution in [0.4, 0.5) is 5.69 Å². The summed E-state index contributed by atoms with van der Waals surface area (Å²) in [7, 11) is 0. The zero-order valence-electron chi connectivity index (χ0n) is 13.3. The summed E-state index contributed by atoms with van der Waals surface area (Å²) >= 11 is 6.08. The van der Waals surface area contributed by atoms with E-state index in [2.05, 4.69) is 5.32 Å². The van der Waals surface area contributed by atoms with Gasteiger partial charge in [-0.15, -0.1) is 0 Å². The van der Waals surface area contributed by atoms with Gasteiger partial charge in [0, 0.05) is 16.8 Å². The Balaban J connectivity index is 1.68. The van der Waals surface area contributed by atoms with Gasteiger partial charge in [0.25, 0.3) is 0 Å². The molecule has 1 fully saturated rings.